The molecule has 1 aromatic carbocycles. The fourth-order valence-electron chi connectivity index (χ4n) is 1.81. The van der Waals surface area contributed by atoms with Crippen molar-refractivity contribution in [2.75, 3.05) is 0 Å². The third-order valence-corrected chi connectivity index (χ3v) is 2.62. The molecule has 4 nitrogen and oxygen atoms in total. The molecule has 0 saturated carbocycles. The molecule has 2 aromatic rings. The van der Waals surface area contributed by atoms with Gasteiger partial charge in [-0.25, -0.2) is 9.78 Å². The first-order chi connectivity index (χ1) is 10.3. The van der Waals surface area contributed by atoms with Gasteiger partial charge < -0.3 is 9.52 Å². The zero-order valence-corrected chi connectivity index (χ0v) is 12.4. The van der Waals surface area contributed by atoms with Gasteiger partial charge in [-0.3, -0.25) is 0 Å². The standard InChI is InChI=1S/C13H10F3NO3.C2H6/c1-7-17-10(11(20-7)12(18)19)6-8-3-2-4-9(5-8)13(14,15)16;1-2/h2-5H,6H2,1H3,(H,18,19);1-2H3. The van der Waals surface area contributed by atoms with Gasteiger partial charge >= 0.3 is 12.1 Å². The van der Waals surface area contributed by atoms with Gasteiger partial charge in [-0.15, -0.1) is 0 Å². The molecule has 0 saturated heterocycles. The van der Waals surface area contributed by atoms with Crippen LogP contribution in [0.25, 0.3) is 0 Å². The average Bonchev–Trinajstić information content (AvgIpc) is 2.81. The first-order valence-corrected chi connectivity index (χ1v) is 6.63. The lowest BCUT2D eigenvalue weighted by atomic mass is 10.1. The van der Waals surface area contributed by atoms with Crippen LogP contribution in [0.5, 0.6) is 0 Å². The quantitative estimate of drug-likeness (QED) is 0.916. The summed E-state index contributed by atoms with van der Waals surface area (Å²) in [5.74, 6) is -1.49. The summed E-state index contributed by atoms with van der Waals surface area (Å²) in [4.78, 5) is 14.8. The minimum Gasteiger partial charge on any atom is -0.475 e. The number of carboxylic acid groups (broad SMARTS) is 1. The monoisotopic (exact) mass is 315 g/mol. The van der Waals surface area contributed by atoms with E-state index in [1.807, 2.05) is 13.8 Å². The third-order valence-electron chi connectivity index (χ3n) is 2.62. The maximum Gasteiger partial charge on any atom is 0.416 e. The predicted octanol–water partition coefficient (Wildman–Crippen LogP) is 4.32. The van der Waals surface area contributed by atoms with Gasteiger partial charge in [0.1, 0.15) is 0 Å². The molecular formula is C15H16F3NO3. The van der Waals surface area contributed by atoms with Crippen molar-refractivity contribution in [2.24, 2.45) is 0 Å². The van der Waals surface area contributed by atoms with Gasteiger partial charge in [0.2, 0.25) is 5.76 Å². The molecule has 22 heavy (non-hydrogen) atoms. The summed E-state index contributed by atoms with van der Waals surface area (Å²) in [5.41, 5.74) is -0.364. The molecule has 1 N–H and O–H groups in total. The number of hydrogen-bond donors (Lipinski definition) is 1. The number of oxazole rings is 1. The Hall–Kier alpha value is -2.31. The number of nitrogens with zero attached hydrogens (tertiary/aromatic N) is 1. The van der Waals surface area contributed by atoms with E-state index in [-0.39, 0.29) is 23.8 Å². The van der Waals surface area contributed by atoms with Crippen LogP contribution in [0, 0.1) is 6.92 Å². The van der Waals surface area contributed by atoms with E-state index >= 15 is 0 Å². The van der Waals surface area contributed by atoms with E-state index in [0.717, 1.165) is 12.1 Å². The molecule has 0 aliphatic heterocycles. The van der Waals surface area contributed by atoms with Crippen LogP contribution in [0.3, 0.4) is 0 Å². The molecule has 0 radical (unpaired) electrons. The second-order valence-corrected chi connectivity index (χ2v) is 4.19. The lowest BCUT2D eigenvalue weighted by molar-refractivity contribution is -0.137. The lowest BCUT2D eigenvalue weighted by Crippen LogP contribution is -2.06. The summed E-state index contributed by atoms with van der Waals surface area (Å²) in [7, 11) is 0. The molecule has 0 aliphatic rings. The van der Waals surface area contributed by atoms with Crippen molar-refractivity contribution in [3.05, 3.63) is 52.7 Å². The first kappa shape index (κ1) is 17.7. The van der Waals surface area contributed by atoms with E-state index in [0.29, 0.717) is 5.56 Å². The van der Waals surface area contributed by atoms with Crippen molar-refractivity contribution < 1.29 is 27.5 Å². The Balaban J connectivity index is 0.00000116. The molecule has 1 aromatic heterocycles. The van der Waals surface area contributed by atoms with Crippen LogP contribution in [0.4, 0.5) is 13.2 Å². The Morgan fingerprint density at radius 1 is 1.32 bits per heavy atom. The molecule has 0 spiro atoms. The predicted molar refractivity (Wildman–Crippen MR) is 73.8 cm³/mol. The van der Waals surface area contributed by atoms with E-state index in [1.165, 1.54) is 19.1 Å². The Kier molecular flexibility index (Phi) is 5.73. The summed E-state index contributed by atoms with van der Waals surface area (Å²) in [6.07, 6.45) is -4.48. The molecule has 0 amide bonds. The molecule has 1 heterocycles. The number of alkyl halides is 3. The molecule has 7 heteroatoms. The highest BCUT2D eigenvalue weighted by atomic mass is 19.4. The van der Waals surface area contributed by atoms with E-state index < -0.39 is 17.7 Å². The number of carbonyl (C=O) groups is 1. The van der Waals surface area contributed by atoms with Crippen molar-refractivity contribution in [3.8, 4) is 0 Å². The van der Waals surface area contributed by atoms with Gasteiger partial charge in [0.15, 0.2) is 5.89 Å². The zero-order valence-electron chi connectivity index (χ0n) is 12.4. The van der Waals surface area contributed by atoms with Crippen LogP contribution in [0.15, 0.2) is 28.7 Å². The Morgan fingerprint density at radius 3 is 2.50 bits per heavy atom. The van der Waals surface area contributed by atoms with Crippen LogP contribution < -0.4 is 0 Å². The van der Waals surface area contributed by atoms with Crippen molar-refractivity contribution in [3.63, 3.8) is 0 Å². The second-order valence-electron chi connectivity index (χ2n) is 4.19. The van der Waals surface area contributed by atoms with Gasteiger partial charge in [-0.2, -0.15) is 13.2 Å². The number of rotatable bonds is 3. The lowest BCUT2D eigenvalue weighted by Gasteiger charge is -2.08. The van der Waals surface area contributed by atoms with Gasteiger partial charge in [-0.05, 0) is 11.6 Å². The van der Waals surface area contributed by atoms with Gasteiger partial charge in [0.05, 0.1) is 11.3 Å². The zero-order chi connectivity index (χ0) is 16.9. The van der Waals surface area contributed by atoms with Crippen molar-refractivity contribution in [1.29, 1.82) is 0 Å². The number of carboxylic acids is 1. The summed E-state index contributed by atoms with van der Waals surface area (Å²) < 4.78 is 42.7. The number of aromatic nitrogens is 1. The number of hydrogen-bond acceptors (Lipinski definition) is 3. The molecule has 0 bridgehead atoms. The topological polar surface area (TPSA) is 63.3 Å². The smallest absolute Gasteiger partial charge is 0.416 e. The van der Waals surface area contributed by atoms with E-state index in [2.05, 4.69) is 4.98 Å². The maximum absolute atomic E-state index is 12.6. The van der Waals surface area contributed by atoms with Crippen molar-refractivity contribution >= 4 is 5.97 Å². The van der Waals surface area contributed by atoms with Crippen LogP contribution in [0.2, 0.25) is 0 Å². The third kappa shape index (κ3) is 4.34. The highest BCUT2D eigenvalue weighted by Gasteiger charge is 2.30. The van der Waals surface area contributed by atoms with Crippen LogP contribution in [0.1, 0.15) is 47.1 Å². The molecule has 0 atom stereocenters. The second kappa shape index (κ2) is 7.11. The van der Waals surface area contributed by atoms with E-state index in [9.17, 15) is 18.0 Å². The van der Waals surface area contributed by atoms with Gasteiger partial charge in [0.25, 0.3) is 0 Å². The minimum absolute atomic E-state index is 0.0388. The SMILES string of the molecule is CC.Cc1nc(Cc2cccc(C(F)(F)F)c2)c(C(=O)O)o1. The van der Waals surface area contributed by atoms with Crippen molar-refractivity contribution in [2.45, 2.75) is 33.4 Å². The first-order valence-electron chi connectivity index (χ1n) is 6.63. The molecular weight excluding hydrogens is 299 g/mol. The molecule has 0 fully saturated rings. The fourth-order valence-corrected chi connectivity index (χ4v) is 1.81. The summed E-state index contributed by atoms with van der Waals surface area (Å²) in [5, 5.41) is 8.93. The average molecular weight is 315 g/mol. The van der Waals surface area contributed by atoms with Crippen molar-refractivity contribution in [1.82, 2.24) is 4.98 Å². The Morgan fingerprint density at radius 2 is 1.95 bits per heavy atom. The molecule has 120 valence electrons. The van der Waals surface area contributed by atoms with Gasteiger partial charge in [-0.1, -0.05) is 32.0 Å². The van der Waals surface area contributed by atoms with Crippen LogP contribution in [-0.4, -0.2) is 16.1 Å². The van der Waals surface area contributed by atoms with Crippen LogP contribution >= 0.6 is 0 Å². The van der Waals surface area contributed by atoms with Crippen LogP contribution in [-0.2, 0) is 12.6 Å². The molecule has 2 rings (SSSR count). The molecule has 0 aliphatic carbocycles. The fraction of sp³-hybridized carbons (Fsp3) is 0.333. The van der Waals surface area contributed by atoms with E-state index in [1.54, 1.807) is 0 Å². The highest BCUT2D eigenvalue weighted by Crippen LogP contribution is 2.30. The highest BCUT2D eigenvalue weighted by molar-refractivity contribution is 5.85. The maximum atomic E-state index is 12.6. The number of aromatic carboxylic acids is 1. The summed E-state index contributed by atoms with van der Waals surface area (Å²) in [6.45, 7) is 5.47. The summed E-state index contributed by atoms with van der Waals surface area (Å²) >= 11 is 0. The number of benzene rings is 1. The number of aryl methyl sites for hydroxylation is 1. The molecule has 0 unspecified atom stereocenters. The normalized spacial score (nSPS) is 10.8. The van der Waals surface area contributed by atoms with E-state index in [4.69, 9.17) is 9.52 Å². The Bertz CT molecular complexity index is 648. The minimum atomic E-state index is -4.44. The number of halogens is 3. The largest absolute Gasteiger partial charge is 0.475 e. The van der Waals surface area contributed by atoms with Gasteiger partial charge in [0, 0.05) is 13.3 Å². The Labute approximate surface area is 125 Å². The summed E-state index contributed by atoms with van der Waals surface area (Å²) in [6, 6.07) is 4.67.